The normalized spacial score (nSPS) is 17.0. The molecule has 3 aromatic heterocycles. The first kappa shape index (κ1) is 15.4. The number of nitrogens with zero attached hydrogens (tertiary/aromatic N) is 5. The number of aromatic nitrogens is 5. The second-order valence-electron chi connectivity index (χ2n) is 6.07. The van der Waals surface area contributed by atoms with Crippen LogP contribution in [0.15, 0.2) is 47.7 Å². The van der Waals surface area contributed by atoms with Crippen LogP contribution >= 0.6 is 0 Å². The predicted molar refractivity (Wildman–Crippen MR) is 94.2 cm³/mol. The second-order valence-corrected chi connectivity index (χ2v) is 6.07. The van der Waals surface area contributed by atoms with Gasteiger partial charge in [0, 0.05) is 36.8 Å². The molecule has 0 spiro atoms. The van der Waals surface area contributed by atoms with Crippen molar-refractivity contribution in [2.75, 3.05) is 11.4 Å². The molecule has 0 radical (unpaired) electrons. The van der Waals surface area contributed by atoms with Crippen molar-refractivity contribution in [2.24, 2.45) is 0 Å². The number of aryl methyl sites for hydroxylation is 1. The van der Waals surface area contributed by atoms with Crippen molar-refractivity contribution in [3.05, 3.63) is 64.9 Å². The molecule has 1 atom stereocenters. The van der Waals surface area contributed by atoms with Crippen molar-refractivity contribution in [2.45, 2.75) is 25.8 Å². The summed E-state index contributed by atoms with van der Waals surface area (Å²) in [5.74, 6) is 2.27. The molecule has 0 bridgehead atoms. The van der Waals surface area contributed by atoms with E-state index in [4.69, 9.17) is 4.98 Å². The summed E-state index contributed by atoms with van der Waals surface area (Å²) in [6, 6.07) is 7.13. The van der Waals surface area contributed by atoms with E-state index in [0.717, 1.165) is 36.6 Å². The zero-order chi connectivity index (χ0) is 17.2. The Hall–Kier alpha value is -3.09. The molecule has 1 aliphatic heterocycles. The highest BCUT2D eigenvalue weighted by atomic mass is 16.1. The Balaban J connectivity index is 1.73. The van der Waals surface area contributed by atoms with Gasteiger partial charge in [0.15, 0.2) is 0 Å². The largest absolute Gasteiger partial charge is 0.346 e. The SMILES string of the molecule is Cc1nccc(N2CCC[C@H]2c2nc(-c3ccncc3)cc(=O)[nH]2)n1. The van der Waals surface area contributed by atoms with E-state index in [1.54, 1.807) is 18.6 Å². The molecule has 1 fully saturated rings. The zero-order valence-corrected chi connectivity index (χ0v) is 13.9. The Morgan fingerprint density at radius 3 is 2.80 bits per heavy atom. The van der Waals surface area contributed by atoms with Crippen LogP contribution in [0.4, 0.5) is 5.82 Å². The lowest BCUT2D eigenvalue weighted by atomic mass is 10.1. The Kier molecular flexibility index (Phi) is 3.97. The minimum Gasteiger partial charge on any atom is -0.346 e. The molecule has 0 amide bonds. The predicted octanol–water partition coefficient (Wildman–Crippen LogP) is 2.27. The van der Waals surface area contributed by atoms with E-state index in [-0.39, 0.29) is 11.6 Å². The molecule has 4 rings (SSSR count). The number of hydrogen-bond donors (Lipinski definition) is 1. The smallest absolute Gasteiger partial charge is 0.251 e. The van der Waals surface area contributed by atoms with Gasteiger partial charge < -0.3 is 9.88 Å². The van der Waals surface area contributed by atoms with Gasteiger partial charge in [0.1, 0.15) is 17.5 Å². The topological polar surface area (TPSA) is 87.7 Å². The molecular formula is C18H18N6O. The molecule has 25 heavy (non-hydrogen) atoms. The minimum atomic E-state index is -0.150. The summed E-state index contributed by atoms with van der Waals surface area (Å²) in [5.41, 5.74) is 1.39. The summed E-state index contributed by atoms with van der Waals surface area (Å²) in [6.45, 7) is 2.75. The van der Waals surface area contributed by atoms with E-state index in [0.29, 0.717) is 11.5 Å². The number of rotatable bonds is 3. The molecule has 1 saturated heterocycles. The van der Waals surface area contributed by atoms with Crippen molar-refractivity contribution < 1.29 is 0 Å². The van der Waals surface area contributed by atoms with Crippen LogP contribution in [-0.2, 0) is 0 Å². The van der Waals surface area contributed by atoms with Crippen molar-refractivity contribution >= 4 is 5.82 Å². The fourth-order valence-corrected chi connectivity index (χ4v) is 3.23. The van der Waals surface area contributed by atoms with Crippen LogP contribution in [0.1, 0.15) is 30.5 Å². The fourth-order valence-electron chi connectivity index (χ4n) is 3.23. The van der Waals surface area contributed by atoms with E-state index in [1.807, 2.05) is 25.1 Å². The summed E-state index contributed by atoms with van der Waals surface area (Å²) < 4.78 is 0. The quantitative estimate of drug-likeness (QED) is 0.790. The lowest BCUT2D eigenvalue weighted by Crippen LogP contribution is -2.27. The monoisotopic (exact) mass is 334 g/mol. The van der Waals surface area contributed by atoms with Crippen LogP contribution in [-0.4, -0.2) is 31.5 Å². The van der Waals surface area contributed by atoms with Gasteiger partial charge in [-0.25, -0.2) is 15.0 Å². The van der Waals surface area contributed by atoms with E-state index < -0.39 is 0 Å². The molecular weight excluding hydrogens is 316 g/mol. The molecule has 1 aliphatic rings. The Morgan fingerprint density at radius 2 is 2.00 bits per heavy atom. The summed E-state index contributed by atoms with van der Waals surface area (Å²) >= 11 is 0. The summed E-state index contributed by atoms with van der Waals surface area (Å²) in [7, 11) is 0. The molecule has 7 heteroatoms. The van der Waals surface area contributed by atoms with Gasteiger partial charge in [-0.05, 0) is 38.0 Å². The number of H-pyrrole nitrogens is 1. The van der Waals surface area contributed by atoms with E-state index in [1.165, 1.54) is 6.07 Å². The Labute approximate surface area is 144 Å². The molecule has 0 aliphatic carbocycles. The van der Waals surface area contributed by atoms with Crippen molar-refractivity contribution in [1.29, 1.82) is 0 Å². The van der Waals surface area contributed by atoms with E-state index in [9.17, 15) is 4.79 Å². The standard InChI is InChI=1S/C18H18N6O/c1-12-20-9-6-16(21-12)24-10-2-3-15(24)18-22-14(11-17(25)23-18)13-4-7-19-8-5-13/h4-9,11,15H,2-3,10H2,1H3,(H,22,23,25)/t15-/m0/s1. The van der Waals surface area contributed by atoms with Crippen LogP contribution in [0.3, 0.4) is 0 Å². The average Bonchev–Trinajstić information content (AvgIpc) is 3.12. The van der Waals surface area contributed by atoms with Crippen LogP contribution in [0.25, 0.3) is 11.3 Å². The third-order valence-electron chi connectivity index (χ3n) is 4.36. The first-order chi connectivity index (χ1) is 12.2. The highest BCUT2D eigenvalue weighted by molar-refractivity contribution is 5.57. The van der Waals surface area contributed by atoms with Gasteiger partial charge in [-0.1, -0.05) is 0 Å². The summed E-state index contributed by atoms with van der Waals surface area (Å²) in [4.78, 5) is 34.7. The minimum absolute atomic E-state index is 0.00351. The van der Waals surface area contributed by atoms with Gasteiger partial charge in [0.2, 0.25) is 0 Å². The number of anilines is 1. The number of pyridine rings is 1. The average molecular weight is 334 g/mol. The van der Waals surface area contributed by atoms with Crippen molar-refractivity contribution in [3.8, 4) is 11.3 Å². The highest BCUT2D eigenvalue weighted by Gasteiger charge is 2.29. The molecule has 1 N–H and O–H groups in total. The van der Waals surface area contributed by atoms with Crippen molar-refractivity contribution in [3.63, 3.8) is 0 Å². The van der Waals surface area contributed by atoms with Crippen LogP contribution in [0.5, 0.6) is 0 Å². The fraction of sp³-hybridized carbons (Fsp3) is 0.278. The van der Waals surface area contributed by atoms with Crippen molar-refractivity contribution in [1.82, 2.24) is 24.9 Å². The van der Waals surface area contributed by atoms with E-state index in [2.05, 4.69) is 24.8 Å². The maximum absolute atomic E-state index is 12.2. The third-order valence-corrected chi connectivity index (χ3v) is 4.36. The molecule has 0 unspecified atom stereocenters. The number of aromatic amines is 1. The zero-order valence-electron chi connectivity index (χ0n) is 13.9. The van der Waals surface area contributed by atoms with Crippen LogP contribution in [0.2, 0.25) is 0 Å². The lowest BCUT2D eigenvalue weighted by Gasteiger charge is -2.25. The first-order valence-electron chi connectivity index (χ1n) is 8.29. The number of nitrogens with one attached hydrogen (secondary N) is 1. The second kappa shape index (κ2) is 6.43. The highest BCUT2D eigenvalue weighted by Crippen LogP contribution is 2.33. The molecule has 7 nitrogen and oxygen atoms in total. The summed E-state index contributed by atoms with van der Waals surface area (Å²) in [6.07, 6.45) is 7.10. The Morgan fingerprint density at radius 1 is 1.16 bits per heavy atom. The Bertz CT molecular complexity index is 940. The van der Waals surface area contributed by atoms with Gasteiger partial charge in [-0.15, -0.1) is 0 Å². The molecule has 126 valence electrons. The van der Waals surface area contributed by atoms with Gasteiger partial charge in [0.05, 0.1) is 11.7 Å². The first-order valence-corrected chi connectivity index (χ1v) is 8.29. The van der Waals surface area contributed by atoms with Gasteiger partial charge in [-0.3, -0.25) is 9.78 Å². The van der Waals surface area contributed by atoms with Crippen LogP contribution in [0, 0.1) is 6.92 Å². The van der Waals surface area contributed by atoms with Crippen LogP contribution < -0.4 is 10.5 Å². The van der Waals surface area contributed by atoms with Gasteiger partial charge >= 0.3 is 0 Å². The maximum atomic E-state index is 12.2. The lowest BCUT2D eigenvalue weighted by molar-refractivity contribution is 0.656. The molecule has 0 saturated carbocycles. The molecule has 3 aromatic rings. The van der Waals surface area contributed by atoms with E-state index >= 15 is 0 Å². The van der Waals surface area contributed by atoms with Gasteiger partial charge in [0.25, 0.3) is 5.56 Å². The summed E-state index contributed by atoms with van der Waals surface area (Å²) in [5, 5.41) is 0. The third kappa shape index (κ3) is 3.13. The molecule has 4 heterocycles. The number of hydrogen-bond acceptors (Lipinski definition) is 6. The van der Waals surface area contributed by atoms with Gasteiger partial charge in [-0.2, -0.15) is 0 Å². The molecule has 0 aromatic carbocycles. The maximum Gasteiger partial charge on any atom is 0.251 e.